The van der Waals surface area contributed by atoms with E-state index in [9.17, 15) is 0 Å². The average Bonchev–Trinajstić information content (AvgIpc) is 3.89. The summed E-state index contributed by atoms with van der Waals surface area (Å²) in [5.74, 6) is 1.90. The standard InChI is InChI=1S/C66H46N4/c1-66(2)58-32-13-12-28-56(58)61-53(29-17-33-59(61)66)45-36-34-44(35-37-45)49-38-39-60-57(42-49)55-31-16-30-54(62(55)70(60)52-27-15-24-48(41-52)43-18-6-3-7-19-43)50-25-14-26-51(40-50)65-68-63(46-20-8-4-9-21-46)67-64(69-65)47-22-10-5-11-23-47/h3-42H,1-2H3. The third-order valence-corrected chi connectivity index (χ3v) is 14.3. The first-order chi connectivity index (χ1) is 34.5. The Morgan fingerprint density at radius 1 is 0.314 bits per heavy atom. The maximum atomic E-state index is 5.10. The van der Waals surface area contributed by atoms with Crippen molar-refractivity contribution in [2.24, 2.45) is 0 Å². The van der Waals surface area contributed by atoms with Crippen molar-refractivity contribution < 1.29 is 0 Å². The van der Waals surface area contributed by atoms with Gasteiger partial charge in [-0.1, -0.05) is 226 Å². The van der Waals surface area contributed by atoms with Gasteiger partial charge in [0, 0.05) is 44.1 Å². The molecular formula is C66H46N4. The molecule has 330 valence electrons. The Morgan fingerprint density at radius 3 is 1.53 bits per heavy atom. The van der Waals surface area contributed by atoms with Crippen LogP contribution < -0.4 is 0 Å². The molecule has 0 N–H and O–H groups in total. The van der Waals surface area contributed by atoms with E-state index < -0.39 is 0 Å². The third-order valence-electron chi connectivity index (χ3n) is 14.3. The lowest BCUT2D eigenvalue weighted by Gasteiger charge is -2.21. The fourth-order valence-corrected chi connectivity index (χ4v) is 10.8. The van der Waals surface area contributed by atoms with E-state index in [-0.39, 0.29) is 5.41 Å². The maximum Gasteiger partial charge on any atom is 0.164 e. The number of aromatic nitrogens is 4. The molecule has 0 atom stereocenters. The number of fused-ring (bicyclic) bond motifs is 6. The Bertz CT molecular complexity index is 3890. The van der Waals surface area contributed by atoms with Crippen molar-refractivity contribution in [3.05, 3.63) is 254 Å². The Hall–Kier alpha value is -8.99. The molecule has 13 rings (SSSR count). The van der Waals surface area contributed by atoms with E-state index in [0.717, 1.165) is 44.5 Å². The fraction of sp³-hybridized carbons (Fsp3) is 0.0455. The van der Waals surface area contributed by atoms with Crippen LogP contribution in [0.15, 0.2) is 243 Å². The molecule has 2 aromatic heterocycles. The summed E-state index contributed by atoms with van der Waals surface area (Å²) in [5.41, 5.74) is 21.0. The molecule has 4 nitrogen and oxygen atoms in total. The highest BCUT2D eigenvalue weighted by atomic mass is 15.0. The molecule has 0 bridgehead atoms. The lowest BCUT2D eigenvalue weighted by atomic mass is 9.82. The van der Waals surface area contributed by atoms with E-state index in [2.05, 4.69) is 200 Å². The van der Waals surface area contributed by atoms with Gasteiger partial charge in [0.05, 0.1) is 11.0 Å². The molecule has 0 saturated carbocycles. The smallest absolute Gasteiger partial charge is 0.164 e. The van der Waals surface area contributed by atoms with Gasteiger partial charge in [-0.2, -0.15) is 0 Å². The largest absolute Gasteiger partial charge is 0.309 e. The second-order valence-electron chi connectivity index (χ2n) is 18.8. The second-order valence-corrected chi connectivity index (χ2v) is 18.8. The summed E-state index contributed by atoms with van der Waals surface area (Å²) < 4.78 is 2.45. The van der Waals surface area contributed by atoms with Gasteiger partial charge in [-0.3, -0.25) is 0 Å². The van der Waals surface area contributed by atoms with Crippen molar-refractivity contribution in [1.29, 1.82) is 0 Å². The van der Waals surface area contributed by atoms with Crippen molar-refractivity contribution in [1.82, 2.24) is 19.5 Å². The first-order valence-corrected chi connectivity index (χ1v) is 24.0. The van der Waals surface area contributed by atoms with E-state index in [0.29, 0.717) is 17.5 Å². The van der Waals surface area contributed by atoms with Crippen LogP contribution in [-0.2, 0) is 5.41 Å². The summed E-state index contributed by atoms with van der Waals surface area (Å²) in [6.45, 7) is 4.69. The molecule has 1 aliphatic carbocycles. The molecular weight excluding hydrogens is 849 g/mol. The Labute approximate surface area is 407 Å². The molecule has 12 aromatic rings. The van der Waals surface area contributed by atoms with Gasteiger partial charge in [0.15, 0.2) is 17.5 Å². The van der Waals surface area contributed by atoms with Crippen LogP contribution in [0, 0.1) is 0 Å². The lowest BCUT2D eigenvalue weighted by molar-refractivity contribution is 0.660. The average molecular weight is 895 g/mol. The molecule has 2 heterocycles. The van der Waals surface area contributed by atoms with Crippen molar-refractivity contribution in [3.8, 4) is 95.5 Å². The number of rotatable bonds is 8. The van der Waals surface area contributed by atoms with Crippen LogP contribution in [0.3, 0.4) is 0 Å². The zero-order valence-electron chi connectivity index (χ0n) is 38.9. The van der Waals surface area contributed by atoms with Crippen LogP contribution in [-0.4, -0.2) is 19.5 Å². The predicted molar refractivity (Wildman–Crippen MR) is 290 cm³/mol. The van der Waals surface area contributed by atoms with Crippen LogP contribution in [0.25, 0.3) is 117 Å². The van der Waals surface area contributed by atoms with Gasteiger partial charge < -0.3 is 4.57 Å². The van der Waals surface area contributed by atoms with Crippen LogP contribution in [0.1, 0.15) is 25.0 Å². The summed E-state index contributed by atoms with van der Waals surface area (Å²) in [5, 5.41) is 2.37. The molecule has 0 fully saturated rings. The fourth-order valence-electron chi connectivity index (χ4n) is 10.8. The zero-order valence-corrected chi connectivity index (χ0v) is 38.9. The molecule has 0 unspecified atom stereocenters. The van der Waals surface area contributed by atoms with Gasteiger partial charge in [0.2, 0.25) is 0 Å². The first kappa shape index (κ1) is 41.2. The quantitative estimate of drug-likeness (QED) is 0.153. The Kier molecular flexibility index (Phi) is 9.81. The van der Waals surface area contributed by atoms with E-state index in [1.807, 2.05) is 60.7 Å². The van der Waals surface area contributed by atoms with Crippen molar-refractivity contribution in [3.63, 3.8) is 0 Å². The Morgan fingerprint density at radius 2 is 0.800 bits per heavy atom. The molecule has 70 heavy (non-hydrogen) atoms. The molecule has 4 heteroatoms. The van der Waals surface area contributed by atoms with Gasteiger partial charge in [0.1, 0.15) is 0 Å². The number of para-hydroxylation sites is 1. The lowest BCUT2D eigenvalue weighted by Crippen LogP contribution is -2.14. The topological polar surface area (TPSA) is 43.6 Å². The number of nitrogens with zero attached hydrogens (tertiary/aromatic N) is 4. The predicted octanol–water partition coefficient (Wildman–Crippen LogP) is 16.9. The summed E-state index contributed by atoms with van der Waals surface area (Å²) in [6, 6.07) is 87.0. The highest BCUT2D eigenvalue weighted by Gasteiger charge is 2.36. The van der Waals surface area contributed by atoms with E-state index in [1.54, 1.807) is 0 Å². The number of hydrogen-bond acceptors (Lipinski definition) is 3. The summed E-state index contributed by atoms with van der Waals surface area (Å²) >= 11 is 0. The van der Waals surface area contributed by atoms with Crippen molar-refractivity contribution in [2.45, 2.75) is 19.3 Å². The van der Waals surface area contributed by atoms with Gasteiger partial charge in [0.25, 0.3) is 0 Å². The number of hydrogen-bond donors (Lipinski definition) is 0. The van der Waals surface area contributed by atoms with Crippen LogP contribution in [0.2, 0.25) is 0 Å². The van der Waals surface area contributed by atoms with Crippen molar-refractivity contribution >= 4 is 21.8 Å². The Balaban J connectivity index is 0.959. The highest BCUT2D eigenvalue weighted by Crippen LogP contribution is 2.52. The SMILES string of the molecule is CC1(C)c2ccccc2-c2c(-c3ccc(-c4ccc5c(c4)c4cccc(-c6cccc(-c7nc(-c8ccccc8)nc(-c8ccccc8)n7)c6)c4n5-c4cccc(-c5ccccc5)c4)cc3)cccc21. The monoisotopic (exact) mass is 894 g/mol. The minimum Gasteiger partial charge on any atom is -0.309 e. The van der Waals surface area contributed by atoms with E-state index in [4.69, 9.17) is 15.0 Å². The van der Waals surface area contributed by atoms with Crippen LogP contribution in [0.5, 0.6) is 0 Å². The molecule has 0 amide bonds. The van der Waals surface area contributed by atoms with E-state index in [1.165, 1.54) is 66.4 Å². The normalized spacial score (nSPS) is 12.5. The summed E-state index contributed by atoms with van der Waals surface area (Å²) in [6.07, 6.45) is 0. The maximum absolute atomic E-state index is 5.10. The highest BCUT2D eigenvalue weighted by molar-refractivity contribution is 6.15. The molecule has 0 spiro atoms. The van der Waals surface area contributed by atoms with Crippen LogP contribution in [0.4, 0.5) is 0 Å². The van der Waals surface area contributed by atoms with Gasteiger partial charge in [-0.25, -0.2) is 15.0 Å². The van der Waals surface area contributed by atoms with Gasteiger partial charge in [-0.05, 0) is 91.5 Å². The summed E-state index contributed by atoms with van der Waals surface area (Å²) in [7, 11) is 0. The minimum absolute atomic E-state index is 0.0464. The van der Waals surface area contributed by atoms with E-state index >= 15 is 0 Å². The van der Waals surface area contributed by atoms with Gasteiger partial charge >= 0.3 is 0 Å². The zero-order chi connectivity index (χ0) is 46.8. The molecule has 0 aliphatic heterocycles. The molecule has 10 aromatic carbocycles. The number of benzene rings is 10. The minimum atomic E-state index is -0.0464. The van der Waals surface area contributed by atoms with Crippen molar-refractivity contribution in [2.75, 3.05) is 0 Å². The third kappa shape index (κ3) is 6.95. The molecule has 1 aliphatic rings. The summed E-state index contributed by atoms with van der Waals surface area (Å²) in [4.78, 5) is 15.2. The molecule has 0 saturated heterocycles. The molecule has 0 radical (unpaired) electrons. The first-order valence-electron chi connectivity index (χ1n) is 24.0. The van der Waals surface area contributed by atoms with Gasteiger partial charge in [-0.15, -0.1) is 0 Å². The van der Waals surface area contributed by atoms with Crippen LogP contribution >= 0.6 is 0 Å². The second kappa shape index (κ2) is 16.7.